The predicted octanol–water partition coefficient (Wildman–Crippen LogP) is 3.36. The van der Waals surface area contributed by atoms with Gasteiger partial charge in [-0.1, -0.05) is 12.8 Å². The minimum atomic E-state index is 0.679. The summed E-state index contributed by atoms with van der Waals surface area (Å²) in [6.45, 7) is 2.08. The van der Waals surface area contributed by atoms with Crippen LogP contribution in [0.2, 0.25) is 0 Å². The highest BCUT2D eigenvalue weighted by Gasteiger charge is 2.14. The fraction of sp³-hybridized carbons (Fsp3) is 0.538. The van der Waals surface area contributed by atoms with Crippen molar-refractivity contribution in [2.24, 2.45) is 0 Å². The van der Waals surface area contributed by atoms with Gasteiger partial charge in [-0.05, 0) is 43.5 Å². The Kier molecular flexibility index (Phi) is 3.14. The molecule has 2 rings (SSSR count). The highest BCUT2D eigenvalue weighted by molar-refractivity contribution is 5.51. The number of hydrogen-bond donors (Lipinski definition) is 1. The summed E-state index contributed by atoms with van der Waals surface area (Å²) in [5.74, 6) is 0.965. The molecule has 1 aliphatic rings. The highest BCUT2D eigenvalue weighted by atomic mass is 16.5. The van der Waals surface area contributed by atoms with E-state index < -0.39 is 0 Å². The van der Waals surface area contributed by atoms with Crippen molar-refractivity contribution in [3.05, 3.63) is 23.8 Å². The first-order chi connectivity index (χ1) is 7.29. The van der Waals surface area contributed by atoms with Gasteiger partial charge in [-0.2, -0.15) is 0 Å². The number of anilines is 1. The van der Waals surface area contributed by atoms with E-state index in [-0.39, 0.29) is 0 Å². The summed E-state index contributed by atoms with van der Waals surface area (Å²) in [6, 6.07) is 6.98. The summed E-state index contributed by atoms with van der Waals surface area (Å²) in [6.07, 6.45) is 5.36. The van der Waals surface area contributed by atoms with Crippen LogP contribution in [0.15, 0.2) is 18.2 Å². The molecule has 1 aliphatic carbocycles. The lowest BCUT2D eigenvalue weighted by Gasteiger charge is -2.14. The smallest absolute Gasteiger partial charge is 0.121 e. The maximum atomic E-state index is 5.24. The summed E-state index contributed by atoms with van der Waals surface area (Å²) in [5, 5.41) is 3.58. The van der Waals surface area contributed by atoms with E-state index in [1.807, 2.05) is 6.07 Å². The van der Waals surface area contributed by atoms with Gasteiger partial charge in [-0.3, -0.25) is 0 Å². The molecule has 1 fully saturated rings. The van der Waals surface area contributed by atoms with E-state index in [1.54, 1.807) is 7.11 Å². The van der Waals surface area contributed by atoms with Gasteiger partial charge < -0.3 is 10.1 Å². The maximum Gasteiger partial charge on any atom is 0.121 e. The molecule has 0 aromatic heterocycles. The Morgan fingerprint density at radius 3 is 2.60 bits per heavy atom. The SMILES string of the molecule is COc1ccc(NC2CCCC2)cc1C. The van der Waals surface area contributed by atoms with Crippen LogP contribution in [0.3, 0.4) is 0 Å². The Balaban J connectivity index is 2.05. The zero-order chi connectivity index (χ0) is 10.7. The van der Waals surface area contributed by atoms with Gasteiger partial charge in [0.2, 0.25) is 0 Å². The van der Waals surface area contributed by atoms with Crippen molar-refractivity contribution in [2.75, 3.05) is 12.4 Å². The van der Waals surface area contributed by atoms with Crippen LogP contribution >= 0.6 is 0 Å². The van der Waals surface area contributed by atoms with Crippen LogP contribution in [-0.4, -0.2) is 13.2 Å². The molecule has 15 heavy (non-hydrogen) atoms. The molecule has 0 saturated heterocycles. The number of aryl methyl sites for hydroxylation is 1. The summed E-state index contributed by atoms with van der Waals surface area (Å²) >= 11 is 0. The average molecular weight is 205 g/mol. The van der Waals surface area contributed by atoms with Gasteiger partial charge in [-0.15, -0.1) is 0 Å². The Bertz CT molecular complexity index is 329. The van der Waals surface area contributed by atoms with Crippen molar-refractivity contribution in [1.29, 1.82) is 0 Å². The van der Waals surface area contributed by atoms with Gasteiger partial charge in [0.05, 0.1) is 7.11 Å². The second kappa shape index (κ2) is 4.56. The molecule has 1 N–H and O–H groups in total. The monoisotopic (exact) mass is 205 g/mol. The molecule has 1 aromatic carbocycles. The van der Waals surface area contributed by atoms with Gasteiger partial charge in [0.1, 0.15) is 5.75 Å². The maximum absolute atomic E-state index is 5.24. The van der Waals surface area contributed by atoms with E-state index in [0.29, 0.717) is 6.04 Å². The van der Waals surface area contributed by atoms with Gasteiger partial charge in [0.25, 0.3) is 0 Å². The number of rotatable bonds is 3. The van der Waals surface area contributed by atoms with Gasteiger partial charge in [0.15, 0.2) is 0 Å². The molecular weight excluding hydrogens is 186 g/mol. The van der Waals surface area contributed by atoms with E-state index >= 15 is 0 Å². The van der Waals surface area contributed by atoms with Gasteiger partial charge >= 0.3 is 0 Å². The van der Waals surface area contributed by atoms with Crippen LogP contribution in [0.4, 0.5) is 5.69 Å². The molecule has 0 atom stereocenters. The van der Waals surface area contributed by atoms with Crippen LogP contribution in [0.25, 0.3) is 0 Å². The second-order valence-electron chi connectivity index (χ2n) is 4.31. The standard InChI is InChI=1S/C13H19NO/c1-10-9-12(7-8-13(10)15-2)14-11-5-3-4-6-11/h7-9,11,14H,3-6H2,1-2H3. The van der Waals surface area contributed by atoms with Crippen molar-refractivity contribution in [3.8, 4) is 5.75 Å². The third-order valence-electron chi connectivity index (χ3n) is 3.12. The quantitative estimate of drug-likeness (QED) is 0.817. The third-order valence-corrected chi connectivity index (χ3v) is 3.12. The minimum absolute atomic E-state index is 0.679. The topological polar surface area (TPSA) is 21.3 Å². The highest BCUT2D eigenvalue weighted by Crippen LogP contribution is 2.25. The van der Waals surface area contributed by atoms with Crippen LogP contribution in [0.5, 0.6) is 5.75 Å². The first-order valence-electron chi connectivity index (χ1n) is 5.71. The summed E-state index contributed by atoms with van der Waals surface area (Å²) in [7, 11) is 1.71. The van der Waals surface area contributed by atoms with E-state index in [0.717, 1.165) is 5.75 Å². The number of benzene rings is 1. The Hall–Kier alpha value is -1.18. The van der Waals surface area contributed by atoms with Crippen LogP contribution < -0.4 is 10.1 Å². The largest absolute Gasteiger partial charge is 0.496 e. The lowest BCUT2D eigenvalue weighted by Crippen LogP contribution is -2.14. The molecule has 82 valence electrons. The van der Waals surface area contributed by atoms with E-state index in [2.05, 4.69) is 24.4 Å². The van der Waals surface area contributed by atoms with Crippen molar-refractivity contribution >= 4 is 5.69 Å². The van der Waals surface area contributed by atoms with Gasteiger partial charge in [-0.25, -0.2) is 0 Å². The molecule has 0 aliphatic heterocycles. The normalized spacial score (nSPS) is 16.7. The Morgan fingerprint density at radius 2 is 2.00 bits per heavy atom. The summed E-state index contributed by atoms with van der Waals surface area (Å²) in [4.78, 5) is 0. The van der Waals surface area contributed by atoms with Crippen LogP contribution in [-0.2, 0) is 0 Å². The minimum Gasteiger partial charge on any atom is -0.496 e. The Labute approximate surface area is 91.6 Å². The molecule has 0 unspecified atom stereocenters. The van der Waals surface area contributed by atoms with Crippen molar-refractivity contribution in [3.63, 3.8) is 0 Å². The lowest BCUT2D eigenvalue weighted by molar-refractivity contribution is 0.412. The molecular formula is C13H19NO. The van der Waals surface area contributed by atoms with Crippen LogP contribution in [0.1, 0.15) is 31.2 Å². The molecule has 0 heterocycles. The zero-order valence-electron chi connectivity index (χ0n) is 9.55. The van der Waals surface area contributed by atoms with Crippen LogP contribution in [0, 0.1) is 6.92 Å². The average Bonchev–Trinajstić information content (AvgIpc) is 2.71. The molecule has 1 aromatic rings. The fourth-order valence-corrected chi connectivity index (χ4v) is 2.27. The molecule has 1 saturated carbocycles. The second-order valence-corrected chi connectivity index (χ2v) is 4.31. The van der Waals surface area contributed by atoms with Crippen molar-refractivity contribution < 1.29 is 4.74 Å². The van der Waals surface area contributed by atoms with Gasteiger partial charge in [0, 0.05) is 11.7 Å². The number of ether oxygens (including phenoxy) is 1. The molecule has 0 radical (unpaired) electrons. The third kappa shape index (κ3) is 2.44. The molecule has 2 nitrogen and oxygen atoms in total. The number of nitrogens with one attached hydrogen (secondary N) is 1. The molecule has 0 amide bonds. The summed E-state index contributed by atoms with van der Waals surface area (Å²) in [5.41, 5.74) is 2.42. The Morgan fingerprint density at radius 1 is 1.27 bits per heavy atom. The first kappa shape index (κ1) is 10.3. The van der Waals surface area contributed by atoms with Crippen molar-refractivity contribution in [1.82, 2.24) is 0 Å². The first-order valence-corrected chi connectivity index (χ1v) is 5.71. The molecule has 2 heteroatoms. The predicted molar refractivity (Wildman–Crippen MR) is 63.6 cm³/mol. The van der Waals surface area contributed by atoms with E-state index in [1.165, 1.54) is 36.9 Å². The van der Waals surface area contributed by atoms with E-state index in [9.17, 15) is 0 Å². The zero-order valence-corrected chi connectivity index (χ0v) is 9.55. The summed E-state index contributed by atoms with van der Waals surface area (Å²) < 4.78 is 5.24. The van der Waals surface area contributed by atoms with E-state index in [4.69, 9.17) is 4.74 Å². The molecule has 0 bridgehead atoms. The molecule has 0 spiro atoms. The fourth-order valence-electron chi connectivity index (χ4n) is 2.27. The number of methoxy groups -OCH3 is 1. The van der Waals surface area contributed by atoms with Crippen molar-refractivity contribution in [2.45, 2.75) is 38.6 Å². The number of hydrogen-bond acceptors (Lipinski definition) is 2. The lowest BCUT2D eigenvalue weighted by atomic mass is 10.1.